The topological polar surface area (TPSA) is 63.1 Å². The molecule has 0 aliphatic carbocycles. The van der Waals surface area contributed by atoms with Gasteiger partial charge in [0, 0.05) is 4.88 Å². The van der Waals surface area contributed by atoms with E-state index in [1.807, 2.05) is 19.1 Å². The van der Waals surface area contributed by atoms with E-state index >= 15 is 0 Å². The quantitative estimate of drug-likeness (QED) is 0.749. The summed E-state index contributed by atoms with van der Waals surface area (Å²) in [5.41, 5.74) is 1.56. The highest BCUT2D eigenvalue weighted by molar-refractivity contribution is 7.19. The van der Waals surface area contributed by atoms with Crippen LogP contribution < -0.4 is 11.4 Å². The summed E-state index contributed by atoms with van der Waals surface area (Å²) >= 11 is 7.34. The Morgan fingerprint density at radius 2 is 2.05 bits per heavy atom. The zero-order valence-corrected chi connectivity index (χ0v) is 11.4. The van der Waals surface area contributed by atoms with Gasteiger partial charge in [0.1, 0.15) is 0 Å². The van der Waals surface area contributed by atoms with Crippen molar-refractivity contribution < 1.29 is 4.42 Å². The van der Waals surface area contributed by atoms with Gasteiger partial charge in [-0.15, -0.1) is 11.3 Å². The first kappa shape index (κ1) is 12.2. The standard InChI is InChI=1S/C13H8ClNO3S/c1-6-4-7(9-2-3-10(14)19-9)5-8-11(6)15-13(17)18-12(8)16/h2-5H,1H3,(H,15,17). The molecule has 1 N–H and O–H groups in total. The summed E-state index contributed by atoms with van der Waals surface area (Å²) < 4.78 is 5.23. The first-order valence-corrected chi connectivity index (χ1v) is 6.67. The molecule has 3 aromatic rings. The van der Waals surface area contributed by atoms with Crippen LogP contribution in [0.25, 0.3) is 21.3 Å². The van der Waals surface area contributed by atoms with Crippen molar-refractivity contribution in [1.82, 2.24) is 4.98 Å². The van der Waals surface area contributed by atoms with E-state index in [0.717, 1.165) is 16.0 Å². The third kappa shape index (κ3) is 2.11. The van der Waals surface area contributed by atoms with Gasteiger partial charge in [0.25, 0.3) is 0 Å². The predicted molar refractivity (Wildman–Crippen MR) is 76.2 cm³/mol. The summed E-state index contributed by atoms with van der Waals surface area (Å²) in [6.07, 6.45) is 0. The van der Waals surface area contributed by atoms with Crippen LogP contribution in [0.4, 0.5) is 0 Å². The van der Waals surface area contributed by atoms with Crippen LogP contribution in [0.5, 0.6) is 0 Å². The van der Waals surface area contributed by atoms with E-state index in [4.69, 9.17) is 11.6 Å². The summed E-state index contributed by atoms with van der Waals surface area (Å²) in [4.78, 5) is 26.4. The number of rotatable bonds is 1. The van der Waals surface area contributed by atoms with E-state index in [2.05, 4.69) is 9.40 Å². The maximum atomic E-state index is 11.7. The second-order valence-electron chi connectivity index (χ2n) is 4.12. The molecule has 0 aliphatic rings. The average molecular weight is 294 g/mol. The molecule has 3 rings (SSSR count). The van der Waals surface area contributed by atoms with Gasteiger partial charge >= 0.3 is 11.4 Å². The molecule has 0 fully saturated rings. The molecule has 0 saturated carbocycles. The summed E-state index contributed by atoms with van der Waals surface area (Å²) in [7, 11) is 0. The van der Waals surface area contributed by atoms with Gasteiger partial charge in [-0.3, -0.25) is 4.98 Å². The number of halogens is 1. The van der Waals surface area contributed by atoms with Crippen molar-refractivity contribution in [3.8, 4) is 10.4 Å². The lowest BCUT2D eigenvalue weighted by atomic mass is 10.1. The molecule has 0 radical (unpaired) electrons. The minimum atomic E-state index is -0.743. The third-order valence-electron chi connectivity index (χ3n) is 2.83. The van der Waals surface area contributed by atoms with Gasteiger partial charge in [0.2, 0.25) is 0 Å². The van der Waals surface area contributed by atoms with Gasteiger partial charge in [0.05, 0.1) is 15.2 Å². The lowest BCUT2D eigenvalue weighted by Gasteiger charge is -2.04. The number of aromatic amines is 1. The second-order valence-corrected chi connectivity index (χ2v) is 5.84. The molecule has 6 heteroatoms. The SMILES string of the molecule is Cc1cc(-c2ccc(Cl)s2)cc2c(=O)oc(=O)[nH]c12. The first-order chi connectivity index (χ1) is 9.04. The summed E-state index contributed by atoms with van der Waals surface area (Å²) in [6.45, 7) is 1.83. The number of hydrogen-bond donors (Lipinski definition) is 1. The van der Waals surface area contributed by atoms with Crippen molar-refractivity contribution in [2.24, 2.45) is 0 Å². The Kier molecular flexibility index (Phi) is 2.80. The lowest BCUT2D eigenvalue weighted by Crippen LogP contribution is -2.15. The molecule has 19 heavy (non-hydrogen) atoms. The van der Waals surface area contributed by atoms with Crippen molar-refractivity contribution in [1.29, 1.82) is 0 Å². The number of fused-ring (bicyclic) bond motifs is 1. The van der Waals surface area contributed by atoms with Gasteiger partial charge < -0.3 is 4.42 Å². The molecular formula is C13H8ClNO3S. The predicted octanol–water partition coefficient (Wildman–Crippen LogP) is 3.17. The van der Waals surface area contributed by atoms with Crippen LogP contribution >= 0.6 is 22.9 Å². The number of aromatic nitrogens is 1. The highest BCUT2D eigenvalue weighted by Gasteiger charge is 2.10. The van der Waals surface area contributed by atoms with Crippen LogP contribution in [0.15, 0.2) is 38.3 Å². The molecule has 2 aromatic heterocycles. The molecule has 0 atom stereocenters. The Balaban J connectivity index is 2.36. The Morgan fingerprint density at radius 3 is 2.74 bits per heavy atom. The van der Waals surface area contributed by atoms with E-state index in [1.165, 1.54) is 11.3 Å². The van der Waals surface area contributed by atoms with Crippen molar-refractivity contribution >= 4 is 33.8 Å². The first-order valence-electron chi connectivity index (χ1n) is 5.48. The maximum absolute atomic E-state index is 11.7. The Labute approximate surface area is 116 Å². The van der Waals surface area contributed by atoms with E-state index in [-0.39, 0.29) is 0 Å². The number of nitrogens with one attached hydrogen (secondary N) is 1. The Hall–Kier alpha value is -1.85. The molecule has 4 nitrogen and oxygen atoms in total. The maximum Gasteiger partial charge on any atom is 0.419 e. The van der Waals surface area contributed by atoms with Crippen LogP contribution in [-0.2, 0) is 0 Å². The number of hydrogen-bond acceptors (Lipinski definition) is 4. The highest BCUT2D eigenvalue weighted by Crippen LogP contribution is 2.32. The molecule has 0 bridgehead atoms. The van der Waals surface area contributed by atoms with Gasteiger partial charge in [-0.05, 0) is 42.3 Å². The zero-order chi connectivity index (χ0) is 13.6. The minimum absolute atomic E-state index is 0.360. The molecule has 1 aromatic carbocycles. The van der Waals surface area contributed by atoms with Crippen LogP contribution in [0.2, 0.25) is 4.34 Å². The average Bonchev–Trinajstić information content (AvgIpc) is 2.77. The summed E-state index contributed by atoms with van der Waals surface area (Å²) in [6, 6.07) is 7.30. The fraction of sp³-hybridized carbons (Fsp3) is 0.0769. The number of aryl methyl sites for hydroxylation is 1. The van der Waals surface area contributed by atoms with Gasteiger partial charge in [-0.1, -0.05) is 11.6 Å². The van der Waals surface area contributed by atoms with E-state index in [0.29, 0.717) is 15.2 Å². The highest BCUT2D eigenvalue weighted by atomic mass is 35.5. The largest absolute Gasteiger partial charge is 0.419 e. The van der Waals surface area contributed by atoms with E-state index < -0.39 is 11.4 Å². The van der Waals surface area contributed by atoms with Gasteiger partial charge in [-0.2, -0.15) is 0 Å². The lowest BCUT2D eigenvalue weighted by molar-refractivity contribution is 0.460. The fourth-order valence-electron chi connectivity index (χ4n) is 1.99. The van der Waals surface area contributed by atoms with Crippen molar-refractivity contribution in [3.63, 3.8) is 0 Å². The Bertz CT molecular complexity index is 891. The van der Waals surface area contributed by atoms with Crippen LogP contribution in [-0.4, -0.2) is 4.98 Å². The molecule has 0 spiro atoms. The molecule has 2 heterocycles. The summed E-state index contributed by atoms with van der Waals surface area (Å²) in [5.74, 6) is -0.743. The normalized spacial score (nSPS) is 11.1. The van der Waals surface area contributed by atoms with Crippen molar-refractivity contribution in [2.45, 2.75) is 6.92 Å². The summed E-state index contributed by atoms with van der Waals surface area (Å²) in [5, 5.41) is 0.360. The van der Waals surface area contributed by atoms with Crippen LogP contribution in [0.1, 0.15) is 5.56 Å². The van der Waals surface area contributed by atoms with Crippen LogP contribution in [0, 0.1) is 6.92 Å². The van der Waals surface area contributed by atoms with Crippen molar-refractivity contribution in [3.05, 3.63) is 55.1 Å². The third-order valence-corrected chi connectivity index (χ3v) is 4.11. The number of benzene rings is 1. The van der Waals surface area contributed by atoms with E-state index in [1.54, 1.807) is 12.1 Å². The number of thiophene rings is 1. The molecule has 0 unspecified atom stereocenters. The molecular weight excluding hydrogens is 286 g/mol. The molecule has 96 valence electrons. The molecule has 0 aliphatic heterocycles. The Morgan fingerprint density at radius 1 is 1.26 bits per heavy atom. The van der Waals surface area contributed by atoms with E-state index in [9.17, 15) is 9.59 Å². The van der Waals surface area contributed by atoms with Gasteiger partial charge in [0.15, 0.2) is 0 Å². The molecule has 0 amide bonds. The van der Waals surface area contributed by atoms with Crippen LogP contribution in [0.3, 0.4) is 0 Å². The zero-order valence-electron chi connectivity index (χ0n) is 9.82. The van der Waals surface area contributed by atoms with Gasteiger partial charge in [-0.25, -0.2) is 9.59 Å². The monoisotopic (exact) mass is 293 g/mol. The molecule has 0 saturated heterocycles. The second kappa shape index (κ2) is 4.36. The minimum Gasteiger partial charge on any atom is -0.372 e. The smallest absolute Gasteiger partial charge is 0.372 e. The van der Waals surface area contributed by atoms with Crippen molar-refractivity contribution in [2.75, 3.05) is 0 Å². The number of H-pyrrole nitrogens is 1. The fourth-order valence-corrected chi connectivity index (χ4v) is 3.02.